The first-order valence-corrected chi connectivity index (χ1v) is 5.25. The Balaban J connectivity index is 2.66. The quantitative estimate of drug-likeness (QED) is 0.848. The van der Waals surface area contributed by atoms with Gasteiger partial charge in [0.1, 0.15) is 11.7 Å². The number of carboxylic acid groups (broad SMARTS) is 1. The number of nitrogens with zero attached hydrogens (tertiary/aromatic N) is 2. The first-order valence-electron chi connectivity index (χ1n) is 9.25. The second-order valence-electron chi connectivity index (χ2n) is 3.35. The highest BCUT2D eigenvalue weighted by Gasteiger charge is 2.21. The summed E-state index contributed by atoms with van der Waals surface area (Å²) >= 11 is 0. The number of carbonyl (C=O) groups is 2. The summed E-state index contributed by atoms with van der Waals surface area (Å²) in [7, 11) is 0. The van der Waals surface area contributed by atoms with E-state index in [9.17, 15) is 14.7 Å². The van der Waals surface area contributed by atoms with Gasteiger partial charge in [-0.3, -0.25) is 9.78 Å². The van der Waals surface area contributed by atoms with Gasteiger partial charge in [0, 0.05) is 21.5 Å². The van der Waals surface area contributed by atoms with Crippen LogP contribution in [-0.4, -0.2) is 33.0 Å². The third-order valence-corrected chi connectivity index (χ3v) is 2.00. The molecule has 0 bridgehead atoms. The van der Waals surface area contributed by atoms with Crippen molar-refractivity contribution in [1.82, 2.24) is 15.3 Å². The summed E-state index contributed by atoms with van der Waals surface area (Å²) in [6.07, 6.45) is -0.124. The molecule has 1 atom stereocenters. The van der Waals surface area contributed by atoms with Gasteiger partial charge in [0.15, 0.2) is 0 Å². The zero-order valence-corrected chi connectivity index (χ0v) is 9.89. The molecule has 2 aromatic rings. The average molecular weight is 279 g/mol. The molecule has 102 valence electrons. The molecule has 1 aromatic heterocycles. The fraction of sp³-hybridized carbons (Fsp3) is 0.143. The van der Waals surface area contributed by atoms with E-state index in [0.717, 1.165) is 12.4 Å². The summed E-state index contributed by atoms with van der Waals surface area (Å²) in [5, 5.41) is 11.1. The number of aromatic nitrogens is 2. The van der Waals surface area contributed by atoms with Crippen molar-refractivity contribution in [3.8, 4) is 0 Å². The summed E-state index contributed by atoms with van der Waals surface area (Å²) in [6, 6.07) is -8.13. The Labute approximate surface area is 126 Å². The van der Waals surface area contributed by atoms with E-state index in [0.29, 0.717) is 0 Å². The molecule has 0 saturated carbocycles. The van der Waals surface area contributed by atoms with Gasteiger partial charge in [0.2, 0.25) is 0 Å². The summed E-state index contributed by atoms with van der Waals surface area (Å²) in [4.78, 5) is 31.2. The van der Waals surface area contributed by atoms with Gasteiger partial charge in [-0.05, 0) is 5.56 Å². The fourth-order valence-electron chi connectivity index (χ4n) is 1.17. The lowest BCUT2D eigenvalue weighted by Gasteiger charge is -2.14. The summed E-state index contributed by atoms with van der Waals surface area (Å²) < 4.78 is 62.8. The van der Waals surface area contributed by atoms with E-state index in [1.807, 2.05) is 0 Å². The Morgan fingerprint density at radius 1 is 1.40 bits per heavy atom. The molecule has 1 heterocycles. The van der Waals surface area contributed by atoms with Gasteiger partial charge in [-0.1, -0.05) is 30.2 Å². The molecule has 1 amide bonds. The van der Waals surface area contributed by atoms with Crippen LogP contribution in [0.5, 0.6) is 0 Å². The lowest BCUT2D eigenvalue weighted by molar-refractivity contribution is -0.139. The van der Waals surface area contributed by atoms with E-state index in [4.69, 9.17) is 11.0 Å². The van der Waals surface area contributed by atoms with Gasteiger partial charge in [0.25, 0.3) is 5.91 Å². The third-order valence-electron chi connectivity index (χ3n) is 2.00. The van der Waals surface area contributed by atoms with Crippen LogP contribution in [0.1, 0.15) is 27.0 Å². The normalized spacial score (nSPS) is 19.6. The molecule has 0 saturated heterocycles. The Bertz CT molecular complexity index is 928. The molecule has 20 heavy (non-hydrogen) atoms. The highest BCUT2D eigenvalue weighted by Crippen LogP contribution is 2.04. The second-order valence-corrected chi connectivity index (χ2v) is 3.35. The van der Waals surface area contributed by atoms with E-state index in [2.05, 4.69) is 9.97 Å². The fourth-order valence-corrected chi connectivity index (χ4v) is 1.17. The summed E-state index contributed by atoms with van der Waals surface area (Å²) in [6.45, 7) is 0. The number of hydrogen-bond acceptors (Lipinski definition) is 4. The highest BCUT2D eigenvalue weighted by atomic mass is 16.4. The molecule has 1 aromatic carbocycles. The van der Waals surface area contributed by atoms with Crippen LogP contribution in [0.25, 0.3) is 0 Å². The maximum atomic E-state index is 12.2. The van der Waals surface area contributed by atoms with Crippen molar-refractivity contribution in [2.75, 3.05) is 0 Å². The third kappa shape index (κ3) is 3.61. The van der Waals surface area contributed by atoms with E-state index in [-0.39, 0.29) is 0 Å². The summed E-state index contributed by atoms with van der Waals surface area (Å²) in [5.74, 6) is -3.40. The Kier molecular flexibility index (Phi) is 2.12. The Morgan fingerprint density at radius 2 is 2.15 bits per heavy atom. The van der Waals surface area contributed by atoms with Crippen molar-refractivity contribution in [3.63, 3.8) is 0 Å². The lowest BCUT2D eigenvalue weighted by atomic mass is 10.1. The SMILES string of the molecule is [2H]c1c([2H])c([2H])c(C([2H])([2H])[C@@]([2H])(NC(=O)c2cnccn2)C(=O)O)c([2H])c1[2H]. The number of aliphatic carboxylic acids is 1. The number of benzene rings is 1. The molecular formula is C14H13N3O3. The van der Waals surface area contributed by atoms with E-state index >= 15 is 0 Å². The van der Waals surface area contributed by atoms with Gasteiger partial charge in [-0.15, -0.1) is 0 Å². The largest absolute Gasteiger partial charge is 0.480 e. The zero-order valence-electron chi connectivity index (χ0n) is 17.9. The zero-order chi connectivity index (χ0) is 21.4. The van der Waals surface area contributed by atoms with Crippen molar-refractivity contribution < 1.29 is 25.7 Å². The smallest absolute Gasteiger partial charge is 0.326 e. The van der Waals surface area contributed by atoms with Gasteiger partial charge < -0.3 is 10.4 Å². The van der Waals surface area contributed by atoms with Crippen LogP contribution in [0.4, 0.5) is 0 Å². The van der Waals surface area contributed by atoms with Crippen molar-refractivity contribution in [2.45, 2.75) is 12.4 Å². The molecule has 6 nitrogen and oxygen atoms in total. The number of carboxylic acids is 1. The van der Waals surface area contributed by atoms with Crippen LogP contribution in [0, 0.1) is 0 Å². The molecule has 0 spiro atoms. The minimum Gasteiger partial charge on any atom is -0.480 e. The van der Waals surface area contributed by atoms with Gasteiger partial charge in [0.05, 0.1) is 14.4 Å². The molecular weight excluding hydrogens is 258 g/mol. The van der Waals surface area contributed by atoms with E-state index < -0.39 is 65.7 Å². The molecule has 0 aliphatic carbocycles. The topological polar surface area (TPSA) is 92.2 Å². The van der Waals surface area contributed by atoms with E-state index in [1.165, 1.54) is 6.20 Å². The predicted octanol–water partition coefficient (Wildman–Crippen LogP) is 0.902. The number of amides is 1. The minimum atomic E-state index is -3.45. The molecule has 0 aliphatic heterocycles. The Hall–Kier alpha value is -2.76. The van der Waals surface area contributed by atoms with Gasteiger partial charge >= 0.3 is 5.97 Å². The van der Waals surface area contributed by atoms with Crippen molar-refractivity contribution in [1.29, 1.82) is 0 Å². The summed E-state index contributed by atoms with van der Waals surface area (Å²) in [5.41, 5.74) is -1.48. The monoisotopic (exact) mass is 279 g/mol. The van der Waals surface area contributed by atoms with Crippen LogP contribution >= 0.6 is 0 Å². The van der Waals surface area contributed by atoms with Crippen LogP contribution in [-0.2, 0) is 11.2 Å². The maximum absolute atomic E-state index is 12.2. The highest BCUT2D eigenvalue weighted by molar-refractivity contribution is 5.94. The van der Waals surface area contributed by atoms with Gasteiger partial charge in [-0.2, -0.15) is 0 Å². The molecule has 2 rings (SSSR count). The van der Waals surface area contributed by atoms with Crippen LogP contribution in [0.3, 0.4) is 0 Å². The lowest BCUT2D eigenvalue weighted by Crippen LogP contribution is -2.42. The number of rotatable bonds is 5. The van der Waals surface area contributed by atoms with Crippen LogP contribution in [0.2, 0.25) is 0 Å². The maximum Gasteiger partial charge on any atom is 0.326 e. The molecule has 2 N–H and O–H groups in total. The first-order chi connectivity index (χ1) is 12.9. The molecule has 6 heteroatoms. The molecule has 0 unspecified atom stereocenters. The van der Waals surface area contributed by atoms with E-state index in [1.54, 1.807) is 5.32 Å². The predicted molar refractivity (Wildman–Crippen MR) is 71.1 cm³/mol. The molecule has 0 aliphatic rings. The van der Waals surface area contributed by atoms with Crippen molar-refractivity contribution in [3.05, 3.63) is 60.1 Å². The van der Waals surface area contributed by atoms with Crippen molar-refractivity contribution >= 4 is 11.9 Å². The number of hydrogen-bond donors (Lipinski definition) is 2. The van der Waals surface area contributed by atoms with Crippen molar-refractivity contribution in [2.24, 2.45) is 0 Å². The minimum absolute atomic E-state index is 0.405. The van der Waals surface area contributed by atoms with Crippen LogP contribution < -0.4 is 5.32 Å². The Morgan fingerprint density at radius 3 is 2.75 bits per heavy atom. The van der Waals surface area contributed by atoms with Crippen LogP contribution in [0.15, 0.2) is 48.8 Å². The number of carbonyl (C=O) groups excluding carboxylic acids is 1. The van der Waals surface area contributed by atoms with Gasteiger partial charge in [-0.25, -0.2) is 9.78 Å². The second kappa shape index (κ2) is 6.42. The average Bonchev–Trinajstić information content (AvgIpc) is 2.65. The standard InChI is InChI=1S/C14H13N3O3/c18-13(12-9-15-6-7-16-12)17-11(14(19)20)8-10-4-2-1-3-5-10/h1-7,9,11H,8H2,(H,17,18)(H,19,20)/t11-/m1/s1/i1D,2D,3D,4D,5D,8D2,11D. The number of nitrogens with one attached hydrogen (secondary N) is 1. The molecule has 0 radical (unpaired) electrons. The molecule has 0 fully saturated rings. The first kappa shape index (κ1) is 6.60.